The molecule has 0 spiro atoms. The van der Waals surface area contributed by atoms with Gasteiger partial charge in [-0.1, -0.05) is 53.7 Å². The lowest BCUT2D eigenvalue weighted by Crippen LogP contribution is -2.48. The minimum absolute atomic E-state index is 0.281. The van der Waals surface area contributed by atoms with Crippen molar-refractivity contribution in [2.45, 2.75) is 70.7 Å². The van der Waals surface area contributed by atoms with Crippen molar-refractivity contribution in [1.29, 1.82) is 0 Å². The molecular weight excluding hydrogens is 240 g/mol. The van der Waals surface area contributed by atoms with E-state index in [-0.39, 0.29) is 6.10 Å². The Morgan fingerprint density at radius 2 is 1.67 bits per heavy atom. The molecule has 0 bridgehead atoms. The van der Waals surface area contributed by atoms with E-state index < -0.39 is 8.32 Å². The van der Waals surface area contributed by atoms with Gasteiger partial charge in [-0.2, -0.15) is 0 Å². The van der Waals surface area contributed by atoms with Crippen LogP contribution in [0, 0.1) is 0 Å². The van der Waals surface area contributed by atoms with E-state index in [0.29, 0.717) is 16.6 Å². The minimum Gasteiger partial charge on any atom is -0.416 e. The average molecular weight is 270 g/mol. The summed E-state index contributed by atoms with van der Waals surface area (Å²) >= 11 is 0. The molecule has 0 aromatic heterocycles. The molecule has 1 aliphatic heterocycles. The average Bonchev–Trinajstić information content (AvgIpc) is 2.75. The van der Waals surface area contributed by atoms with Crippen molar-refractivity contribution in [2.75, 3.05) is 13.2 Å². The number of hydrogen-bond acceptors (Lipinski definition) is 2. The van der Waals surface area contributed by atoms with Crippen LogP contribution < -0.4 is 0 Å². The monoisotopic (exact) mass is 270 g/mol. The van der Waals surface area contributed by atoms with Gasteiger partial charge in [-0.05, 0) is 23.0 Å². The van der Waals surface area contributed by atoms with Crippen LogP contribution >= 0.6 is 0 Å². The van der Waals surface area contributed by atoms with E-state index >= 15 is 0 Å². The molecule has 0 amide bonds. The molecule has 0 saturated carbocycles. The van der Waals surface area contributed by atoms with Gasteiger partial charge in [0.05, 0.1) is 12.7 Å². The van der Waals surface area contributed by atoms with Crippen molar-refractivity contribution < 1.29 is 9.16 Å². The summed E-state index contributed by atoms with van der Waals surface area (Å²) in [7, 11) is -1.68. The van der Waals surface area contributed by atoms with E-state index in [4.69, 9.17) is 9.16 Å². The predicted molar refractivity (Wildman–Crippen MR) is 80.5 cm³/mol. The van der Waals surface area contributed by atoms with E-state index in [1.807, 2.05) is 0 Å². The number of ether oxygens (including phenoxy) is 1. The fourth-order valence-corrected chi connectivity index (χ4v) is 8.94. The van der Waals surface area contributed by atoms with Gasteiger partial charge in [0.15, 0.2) is 8.32 Å². The van der Waals surface area contributed by atoms with Crippen molar-refractivity contribution in [2.24, 2.45) is 0 Å². The first-order valence-electron chi connectivity index (χ1n) is 7.33. The molecule has 1 atom stereocenters. The molecule has 2 nitrogen and oxygen atoms in total. The smallest absolute Gasteiger partial charge is 0.200 e. The Labute approximate surface area is 114 Å². The highest BCUT2D eigenvalue weighted by molar-refractivity contribution is 6.77. The Morgan fingerprint density at radius 3 is 2.06 bits per heavy atom. The highest BCUT2D eigenvalue weighted by atomic mass is 28.4. The van der Waals surface area contributed by atoms with Crippen LogP contribution in [0.15, 0.2) is 12.2 Å². The normalized spacial score (nSPS) is 20.6. The zero-order chi connectivity index (χ0) is 13.8. The maximum Gasteiger partial charge on any atom is 0.200 e. The van der Waals surface area contributed by atoms with Crippen molar-refractivity contribution in [3.05, 3.63) is 12.2 Å². The van der Waals surface area contributed by atoms with Gasteiger partial charge in [0.1, 0.15) is 0 Å². The molecule has 0 aliphatic carbocycles. The van der Waals surface area contributed by atoms with Crippen LogP contribution in [0.3, 0.4) is 0 Å². The fourth-order valence-electron chi connectivity index (χ4n) is 3.47. The van der Waals surface area contributed by atoms with Crippen molar-refractivity contribution in [3.63, 3.8) is 0 Å². The summed E-state index contributed by atoms with van der Waals surface area (Å²) in [6.07, 6.45) is 5.54. The standard InChI is InChI=1S/C15H30O2Si/c1-12(2)18(13(3)4,14(5)6)17-11-9-15-8-7-10-16-15/h7-8,12-15H,9-11H2,1-6H3. The van der Waals surface area contributed by atoms with Crippen LogP contribution in [-0.4, -0.2) is 27.6 Å². The van der Waals surface area contributed by atoms with Gasteiger partial charge >= 0.3 is 0 Å². The molecule has 0 N–H and O–H groups in total. The van der Waals surface area contributed by atoms with Crippen LogP contribution in [0.5, 0.6) is 0 Å². The largest absolute Gasteiger partial charge is 0.416 e. The first kappa shape index (κ1) is 15.9. The molecule has 0 saturated heterocycles. The minimum atomic E-state index is -1.68. The van der Waals surface area contributed by atoms with Gasteiger partial charge in [-0.15, -0.1) is 0 Å². The molecule has 0 aromatic rings. The first-order chi connectivity index (χ1) is 8.41. The second-order valence-electron chi connectivity index (χ2n) is 6.25. The molecule has 0 radical (unpaired) electrons. The Hall–Kier alpha value is -0.123. The third-order valence-corrected chi connectivity index (χ3v) is 10.3. The molecule has 18 heavy (non-hydrogen) atoms. The Balaban J connectivity index is 2.57. The van der Waals surface area contributed by atoms with Crippen LogP contribution in [0.1, 0.15) is 48.0 Å². The Morgan fingerprint density at radius 1 is 1.11 bits per heavy atom. The summed E-state index contributed by atoms with van der Waals surface area (Å²) < 4.78 is 12.1. The van der Waals surface area contributed by atoms with Crippen LogP contribution in [0.25, 0.3) is 0 Å². The quantitative estimate of drug-likeness (QED) is 0.500. The summed E-state index contributed by atoms with van der Waals surface area (Å²) in [6.45, 7) is 15.6. The van der Waals surface area contributed by atoms with E-state index in [0.717, 1.165) is 19.6 Å². The maximum atomic E-state index is 6.50. The van der Waals surface area contributed by atoms with E-state index in [9.17, 15) is 0 Å². The molecule has 1 rings (SSSR count). The predicted octanol–water partition coefficient (Wildman–Crippen LogP) is 4.52. The van der Waals surface area contributed by atoms with Gasteiger partial charge in [0.2, 0.25) is 0 Å². The van der Waals surface area contributed by atoms with Crippen molar-refractivity contribution >= 4 is 8.32 Å². The summed E-state index contributed by atoms with van der Waals surface area (Å²) in [5, 5.41) is 0. The summed E-state index contributed by atoms with van der Waals surface area (Å²) in [5.41, 5.74) is 1.99. The van der Waals surface area contributed by atoms with Gasteiger partial charge in [-0.3, -0.25) is 0 Å². The molecule has 3 heteroatoms. The van der Waals surface area contributed by atoms with E-state index in [2.05, 4.69) is 53.7 Å². The van der Waals surface area contributed by atoms with Crippen LogP contribution in [0.4, 0.5) is 0 Å². The second-order valence-corrected chi connectivity index (χ2v) is 11.7. The lowest BCUT2D eigenvalue weighted by molar-refractivity contribution is 0.103. The molecule has 1 heterocycles. The molecule has 106 valence electrons. The van der Waals surface area contributed by atoms with Gasteiger partial charge in [-0.25, -0.2) is 0 Å². The van der Waals surface area contributed by atoms with Crippen molar-refractivity contribution in [1.82, 2.24) is 0 Å². The summed E-state index contributed by atoms with van der Waals surface area (Å²) in [4.78, 5) is 0. The van der Waals surface area contributed by atoms with E-state index in [1.54, 1.807) is 0 Å². The van der Waals surface area contributed by atoms with Crippen LogP contribution in [-0.2, 0) is 9.16 Å². The zero-order valence-corrected chi connectivity index (χ0v) is 13.9. The highest BCUT2D eigenvalue weighted by Gasteiger charge is 2.44. The van der Waals surface area contributed by atoms with Gasteiger partial charge in [0, 0.05) is 6.61 Å². The fraction of sp³-hybridized carbons (Fsp3) is 0.867. The molecule has 0 fully saturated rings. The maximum absolute atomic E-state index is 6.50. The molecule has 1 aliphatic rings. The van der Waals surface area contributed by atoms with Gasteiger partial charge in [0.25, 0.3) is 0 Å². The third-order valence-electron chi connectivity index (χ3n) is 4.22. The highest BCUT2D eigenvalue weighted by Crippen LogP contribution is 2.42. The Kier molecular flexibility index (Phi) is 6.08. The number of rotatable bonds is 7. The molecule has 0 aromatic carbocycles. The zero-order valence-electron chi connectivity index (χ0n) is 12.9. The summed E-state index contributed by atoms with van der Waals surface area (Å²) in [5.74, 6) is 0. The SMILES string of the molecule is CC(C)[Si](OCCC1C=CCO1)(C(C)C)C(C)C. The molecular formula is C15H30O2Si. The Bertz CT molecular complexity index is 250. The van der Waals surface area contributed by atoms with Crippen molar-refractivity contribution in [3.8, 4) is 0 Å². The first-order valence-corrected chi connectivity index (χ1v) is 9.47. The van der Waals surface area contributed by atoms with Crippen LogP contribution in [0.2, 0.25) is 16.6 Å². The van der Waals surface area contributed by atoms with E-state index in [1.165, 1.54) is 0 Å². The second kappa shape index (κ2) is 6.87. The lowest BCUT2D eigenvalue weighted by Gasteiger charge is -2.42. The molecule has 1 unspecified atom stereocenters. The lowest BCUT2D eigenvalue weighted by atomic mass is 10.3. The van der Waals surface area contributed by atoms with Gasteiger partial charge < -0.3 is 9.16 Å². The third kappa shape index (κ3) is 3.46. The summed E-state index contributed by atoms with van der Waals surface area (Å²) in [6, 6.07) is 0. The topological polar surface area (TPSA) is 18.5 Å². The number of hydrogen-bond donors (Lipinski definition) is 0.